The van der Waals surface area contributed by atoms with E-state index in [-0.39, 0.29) is 45.1 Å². The molecule has 15 heteroatoms. The van der Waals surface area contributed by atoms with Gasteiger partial charge in [0.1, 0.15) is 19.8 Å². The molecule has 2 amide bonds. The molecule has 1 heterocycles. The van der Waals surface area contributed by atoms with Crippen molar-refractivity contribution in [3.05, 3.63) is 21.8 Å². The van der Waals surface area contributed by atoms with Gasteiger partial charge in [-0.15, -0.1) is 0 Å². The van der Waals surface area contributed by atoms with Crippen LogP contribution in [0.2, 0.25) is 0 Å². The summed E-state index contributed by atoms with van der Waals surface area (Å²) in [6, 6.07) is 0. The highest BCUT2D eigenvalue weighted by Crippen LogP contribution is 2.39. The van der Waals surface area contributed by atoms with Crippen LogP contribution in [0, 0.1) is 10.7 Å². The van der Waals surface area contributed by atoms with Crippen LogP contribution in [0.3, 0.4) is 0 Å². The predicted octanol–water partition coefficient (Wildman–Crippen LogP) is 2.90. The minimum absolute atomic E-state index is 0.0111. The summed E-state index contributed by atoms with van der Waals surface area (Å²) in [5, 5.41) is 2.71. The highest BCUT2D eigenvalue weighted by Gasteiger charge is 2.41. The van der Waals surface area contributed by atoms with E-state index < -0.39 is 41.6 Å². The zero-order chi connectivity index (χ0) is 29.5. The normalized spacial score (nSPS) is 15.8. The fourth-order valence-electron chi connectivity index (χ4n) is 3.48. The first-order valence-corrected chi connectivity index (χ1v) is 14.9. The number of hydrogen-bond donors (Lipinski definition) is 1. The second-order valence-corrected chi connectivity index (χ2v) is 11.9. The molecular weight excluding hydrogens is 857 g/mol. The Morgan fingerprint density at radius 2 is 1.51 bits per heavy atom. The van der Waals surface area contributed by atoms with Crippen molar-refractivity contribution in [1.82, 2.24) is 5.32 Å². The molecule has 0 bridgehead atoms. The number of amides is 2. The summed E-state index contributed by atoms with van der Waals surface area (Å²) in [4.78, 5) is 62.7. The third kappa shape index (κ3) is 9.63. The van der Waals surface area contributed by atoms with Crippen LogP contribution in [0.5, 0.6) is 0 Å². The Balaban J connectivity index is 2.62. The second-order valence-electron chi connectivity index (χ2n) is 8.67. The average Bonchev–Trinajstić information content (AvgIpc) is 3.19. The molecule has 2 rings (SSSR count). The third-order valence-corrected chi connectivity index (χ3v) is 8.57. The number of esters is 3. The molecule has 0 aliphatic carbocycles. The molecular formula is C24H29I3N2O10. The number of nitrogens with zero attached hydrogens (tertiary/aromatic N) is 1. The van der Waals surface area contributed by atoms with Gasteiger partial charge in [0.05, 0.1) is 34.5 Å². The van der Waals surface area contributed by atoms with E-state index in [1.165, 1.54) is 25.7 Å². The van der Waals surface area contributed by atoms with Gasteiger partial charge in [-0.2, -0.15) is 0 Å². The summed E-state index contributed by atoms with van der Waals surface area (Å²) in [6.45, 7) is 6.93. The lowest BCUT2D eigenvalue weighted by Crippen LogP contribution is -2.44. The van der Waals surface area contributed by atoms with E-state index in [9.17, 15) is 24.0 Å². The molecule has 0 radical (unpaired) electrons. The van der Waals surface area contributed by atoms with E-state index in [2.05, 4.69) is 5.32 Å². The van der Waals surface area contributed by atoms with Gasteiger partial charge in [-0.05, 0) is 81.6 Å². The Kier molecular flexibility index (Phi) is 13.1. The number of carbonyl (C=O) groups is 5. The van der Waals surface area contributed by atoms with Gasteiger partial charge in [0.15, 0.2) is 11.9 Å². The fourth-order valence-corrected chi connectivity index (χ4v) is 8.03. The zero-order valence-corrected chi connectivity index (χ0v) is 28.5. The van der Waals surface area contributed by atoms with E-state index in [0.717, 1.165) is 0 Å². The van der Waals surface area contributed by atoms with Crippen molar-refractivity contribution in [1.29, 1.82) is 0 Å². The van der Waals surface area contributed by atoms with Crippen LogP contribution in [0.15, 0.2) is 0 Å². The van der Waals surface area contributed by atoms with E-state index >= 15 is 0 Å². The van der Waals surface area contributed by atoms with Gasteiger partial charge in [-0.25, -0.2) is 0 Å². The molecule has 0 spiro atoms. The summed E-state index contributed by atoms with van der Waals surface area (Å²) in [6.07, 6.45) is -0.943. The number of carbonyl (C=O) groups excluding carboxylic acids is 5. The number of rotatable bonds is 11. The Hall–Kier alpha value is -1.32. The lowest BCUT2D eigenvalue weighted by molar-refractivity contribution is -0.152. The monoisotopic (exact) mass is 886 g/mol. The van der Waals surface area contributed by atoms with Gasteiger partial charge in [-0.1, -0.05) is 0 Å². The zero-order valence-electron chi connectivity index (χ0n) is 22.0. The summed E-state index contributed by atoms with van der Waals surface area (Å²) >= 11 is 6.02. The molecule has 1 N–H and O–H groups in total. The van der Waals surface area contributed by atoms with E-state index in [4.69, 9.17) is 23.7 Å². The maximum Gasteiger partial charge on any atom is 0.302 e. The maximum absolute atomic E-state index is 13.8. The van der Waals surface area contributed by atoms with Crippen LogP contribution < -0.4 is 10.2 Å². The Labute approximate surface area is 266 Å². The second kappa shape index (κ2) is 15.1. The first kappa shape index (κ1) is 33.9. The Morgan fingerprint density at radius 1 is 0.923 bits per heavy atom. The van der Waals surface area contributed by atoms with Crippen molar-refractivity contribution in [3.63, 3.8) is 0 Å². The number of anilines is 1. The van der Waals surface area contributed by atoms with Crippen LogP contribution in [-0.4, -0.2) is 74.5 Å². The number of benzene rings is 1. The van der Waals surface area contributed by atoms with Gasteiger partial charge in [0, 0.05) is 33.5 Å². The molecule has 216 valence electrons. The summed E-state index contributed by atoms with van der Waals surface area (Å²) < 4.78 is 28.2. The van der Waals surface area contributed by atoms with Crippen molar-refractivity contribution in [3.8, 4) is 0 Å². The molecule has 0 saturated carbocycles. The topological polar surface area (TPSA) is 147 Å². The Morgan fingerprint density at radius 3 is 2.05 bits per heavy atom. The van der Waals surface area contributed by atoms with Crippen LogP contribution in [0.1, 0.15) is 50.5 Å². The minimum atomic E-state index is -0.971. The van der Waals surface area contributed by atoms with E-state index in [1.54, 1.807) is 13.8 Å². The third-order valence-electron chi connectivity index (χ3n) is 5.16. The average molecular weight is 886 g/mol. The fraction of sp³-hybridized carbons (Fsp3) is 0.542. The molecule has 12 nitrogen and oxygen atoms in total. The molecule has 0 aromatic heterocycles. The van der Waals surface area contributed by atoms with Crippen LogP contribution >= 0.6 is 67.8 Å². The van der Waals surface area contributed by atoms with Gasteiger partial charge in [-0.3, -0.25) is 24.0 Å². The lowest BCUT2D eigenvalue weighted by atomic mass is 10.1. The molecule has 1 aliphatic heterocycles. The molecule has 1 atom stereocenters. The lowest BCUT2D eigenvalue weighted by Gasteiger charge is -2.30. The first-order chi connectivity index (χ1) is 18.2. The molecule has 1 fully saturated rings. The summed E-state index contributed by atoms with van der Waals surface area (Å²) in [5.41, 5.74) is 1.13. The standard InChI is InChI=1S/C24H29I3N2O10/c1-12(30)35-8-6-28-22(33)17-18(25)15(10-37-14(3)32)19(26)21(20(17)27)29(7-9-36-13(2)31)23(34)16-11-38-24(4,5)39-16/h16H,6-11H2,1-5H3,(H,28,33). The summed E-state index contributed by atoms with van der Waals surface area (Å²) in [7, 11) is 0. The van der Waals surface area contributed by atoms with Crippen LogP contribution in [-0.2, 0) is 49.5 Å². The van der Waals surface area contributed by atoms with Crippen molar-refractivity contribution < 1.29 is 47.7 Å². The van der Waals surface area contributed by atoms with Crippen molar-refractivity contribution >= 4 is 103 Å². The molecule has 1 aromatic rings. The van der Waals surface area contributed by atoms with Gasteiger partial charge in [0.2, 0.25) is 0 Å². The molecule has 1 aromatic carbocycles. The van der Waals surface area contributed by atoms with Gasteiger partial charge < -0.3 is 33.9 Å². The van der Waals surface area contributed by atoms with E-state index in [1.807, 2.05) is 67.8 Å². The number of halogens is 3. The Bertz CT molecular complexity index is 1140. The van der Waals surface area contributed by atoms with Crippen LogP contribution in [0.4, 0.5) is 5.69 Å². The van der Waals surface area contributed by atoms with E-state index in [0.29, 0.717) is 22.0 Å². The molecule has 1 saturated heterocycles. The van der Waals surface area contributed by atoms with Crippen molar-refractivity contribution in [2.45, 2.75) is 53.1 Å². The van der Waals surface area contributed by atoms with Gasteiger partial charge >= 0.3 is 17.9 Å². The summed E-state index contributed by atoms with van der Waals surface area (Å²) in [5.74, 6) is -3.41. The minimum Gasteiger partial charge on any atom is -0.464 e. The predicted molar refractivity (Wildman–Crippen MR) is 163 cm³/mol. The van der Waals surface area contributed by atoms with Gasteiger partial charge in [0.25, 0.3) is 11.8 Å². The highest BCUT2D eigenvalue weighted by molar-refractivity contribution is 14.1. The SMILES string of the molecule is CC(=O)OCCNC(=O)c1c(I)c(COC(C)=O)c(I)c(N(CCOC(C)=O)C(=O)C2COC(C)(C)O2)c1I. The number of ether oxygens (including phenoxy) is 5. The number of nitrogens with one attached hydrogen (secondary N) is 1. The van der Waals surface area contributed by atoms with Crippen LogP contribution in [0.25, 0.3) is 0 Å². The molecule has 39 heavy (non-hydrogen) atoms. The van der Waals surface area contributed by atoms with Crippen molar-refractivity contribution in [2.75, 3.05) is 37.8 Å². The quantitative estimate of drug-likeness (QED) is 0.153. The maximum atomic E-state index is 13.8. The molecule has 1 aliphatic rings. The first-order valence-electron chi connectivity index (χ1n) is 11.7. The molecule has 1 unspecified atom stereocenters. The van der Waals surface area contributed by atoms with Crippen molar-refractivity contribution in [2.24, 2.45) is 0 Å². The smallest absolute Gasteiger partial charge is 0.302 e. The number of hydrogen-bond acceptors (Lipinski definition) is 10. The highest BCUT2D eigenvalue weighted by atomic mass is 127. The largest absolute Gasteiger partial charge is 0.464 e.